The molecule has 0 aromatic heterocycles. The van der Waals surface area contributed by atoms with E-state index in [0.717, 1.165) is 38.0 Å². The molecule has 1 aliphatic heterocycles. The van der Waals surface area contributed by atoms with Gasteiger partial charge in [0.1, 0.15) is 4.90 Å². The number of anilines is 2. The molecule has 38 heavy (non-hydrogen) atoms. The van der Waals surface area contributed by atoms with Crippen molar-refractivity contribution < 1.29 is 56.3 Å². The number of benzene rings is 2. The second kappa shape index (κ2) is 10.4. The Bertz CT molecular complexity index is 1580. The number of fused-ring (bicyclic) bond motifs is 2. The summed E-state index contributed by atoms with van der Waals surface area (Å²) in [6, 6.07) is 10.9. The predicted octanol–water partition coefficient (Wildman–Crippen LogP) is 0.157. The summed E-state index contributed by atoms with van der Waals surface area (Å²) in [6.45, 7) is 1.84. The molecule has 1 saturated carbocycles. The first kappa shape index (κ1) is 28.8. The monoisotopic (exact) mass is 565 g/mol. The van der Waals surface area contributed by atoms with Crippen molar-refractivity contribution in [1.82, 2.24) is 0 Å². The molecule has 9 nitrogen and oxygen atoms in total. The van der Waals surface area contributed by atoms with E-state index in [9.17, 15) is 26.7 Å². The third-order valence-corrected chi connectivity index (χ3v) is 9.33. The van der Waals surface area contributed by atoms with Gasteiger partial charge in [-0.15, -0.1) is 4.40 Å². The number of ketones is 1. The van der Waals surface area contributed by atoms with Crippen LogP contribution >= 0.6 is 0 Å². The summed E-state index contributed by atoms with van der Waals surface area (Å²) in [5.74, 6) is -0.989. The van der Waals surface area contributed by atoms with E-state index in [1.165, 1.54) is 18.6 Å². The summed E-state index contributed by atoms with van der Waals surface area (Å²) in [5.41, 5.74) is -0.0862. The summed E-state index contributed by atoms with van der Waals surface area (Å²) in [6.07, 6.45) is 6.92. The van der Waals surface area contributed by atoms with Gasteiger partial charge in [0.05, 0.1) is 22.9 Å². The maximum absolute atomic E-state index is 14.1. The van der Waals surface area contributed by atoms with E-state index in [0.29, 0.717) is 23.5 Å². The topological polar surface area (TPSA) is 145 Å². The molecule has 3 aliphatic rings. The summed E-state index contributed by atoms with van der Waals surface area (Å²) in [7, 11) is -7.97. The van der Waals surface area contributed by atoms with Gasteiger partial charge in [0.2, 0.25) is 10.0 Å². The van der Waals surface area contributed by atoms with Crippen molar-refractivity contribution in [3.05, 3.63) is 59.2 Å². The van der Waals surface area contributed by atoms with Crippen LogP contribution in [-0.4, -0.2) is 34.7 Å². The van der Waals surface area contributed by atoms with Crippen LogP contribution in [0.5, 0.6) is 0 Å². The fourth-order valence-corrected chi connectivity index (χ4v) is 7.43. The Morgan fingerprint density at radius 2 is 1.82 bits per heavy atom. The fourth-order valence-electron chi connectivity index (χ4n) is 5.73. The van der Waals surface area contributed by atoms with E-state index in [4.69, 9.17) is 0 Å². The van der Waals surface area contributed by atoms with E-state index in [-0.39, 0.29) is 57.2 Å². The number of hydrogen-bond donors (Lipinski definition) is 2. The third kappa shape index (κ3) is 5.31. The van der Waals surface area contributed by atoms with E-state index in [1.807, 2.05) is 19.1 Å². The molecule has 0 saturated heterocycles. The van der Waals surface area contributed by atoms with Gasteiger partial charge in [0.25, 0.3) is 10.0 Å². The van der Waals surface area contributed by atoms with Crippen molar-refractivity contribution >= 4 is 48.8 Å². The molecule has 1 unspecified atom stereocenters. The van der Waals surface area contributed by atoms with Crippen LogP contribution in [0, 0.1) is 5.92 Å². The molecule has 196 valence electrons. The molecule has 1 atom stereocenters. The van der Waals surface area contributed by atoms with Gasteiger partial charge in [-0.3, -0.25) is 9.52 Å². The zero-order valence-electron chi connectivity index (χ0n) is 21.6. The molecule has 5 rings (SSSR count). The number of nitrogens with zero attached hydrogens (tertiary/aromatic N) is 1. The summed E-state index contributed by atoms with van der Waals surface area (Å²) >= 11 is 0. The van der Waals surface area contributed by atoms with Crippen LogP contribution in [0.1, 0.15) is 56.6 Å². The zero-order valence-corrected chi connectivity index (χ0v) is 25.2. The molecule has 2 aromatic rings. The number of carbonyl (C=O) groups is 1. The van der Waals surface area contributed by atoms with Gasteiger partial charge in [-0.2, -0.15) is 8.42 Å². The molecule has 0 bridgehead atoms. The van der Waals surface area contributed by atoms with Crippen LogP contribution in [0.25, 0.3) is 5.76 Å². The molecule has 0 radical (unpaired) electrons. The van der Waals surface area contributed by atoms with Gasteiger partial charge in [0, 0.05) is 5.69 Å². The largest absolute Gasteiger partial charge is 1.00 e. The summed E-state index contributed by atoms with van der Waals surface area (Å²) in [4.78, 5) is 13.8. The Morgan fingerprint density at radius 3 is 2.50 bits per heavy atom. The number of nitrogens with one attached hydrogen (secondary N) is 2. The van der Waals surface area contributed by atoms with E-state index >= 15 is 0 Å². The Balaban J connectivity index is 0.00000336. The molecule has 0 amide bonds. The number of hydrogen-bond acceptors (Lipinski definition) is 7. The average molecular weight is 566 g/mol. The second-order valence-corrected chi connectivity index (χ2v) is 13.6. The smallest absolute Gasteiger partial charge is 0.871 e. The van der Waals surface area contributed by atoms with Gasteiger partial charge < -0.3 is 10.4 Å². The number of carbonyl (C=O) groups excluding carboxylic acids is 1. The molecule has 1 fully saturated rings. The Labute approximate surface area is 245 Å². The molecular weight excluding hydrogens is 537 g/mol. The molecule has 2 N–H and O–H groups in total. The van der Waals surface area contributed by atoms with Crippen molar-refractivity contribution in [1.29, 1.82) is 0 Å². The first-order chi connectivity index (χ1) is 17.4. The van der Waals surface area contributed by atoms with Crippen LogP contribution in [0.15, 0.2) is 57.3 Å². The summed E-state index contributed by atoms with van der Waals surface area (Å²) in [5, 5.41) is 16.5. The Kier molecular flexibility index (Phi) is 7.90. The van der Waals surface area contributed by atoms with Crippen LogP contribution in [0.4, 0.5) is 11.4 Å². The van der Waals surface area contributed by atoms with E-state index in [1.54, 1.807) is 12.1 Å². The molecule has 12 heteroatoms. The molecule has 1 heterocycles. The number of rotatable bonds is 5. The van der Waals surface area contributed by atoms with Crippen molar-refractivity contribution in [3.8, 4) is 0 Å². The van der Waals surface area contributed by atoms with Crippen molar-refractivity contribution in [2.75, 3.05) is 16.3 Å². The third-order valence-electron chi connectivity index (χ3n) is 7.41. The van der Waals surface area contributed by atoms with Crippen molar-refractivity contribution in [3.63, 3.8) is 0 Å². The molecule has 0 spiro atoms. The van der Waals surface area contributed by atoms with Crippen LogP contribution in [0.2, 0.25) is 0 Å². The van der Waals surface area contributed by atoms with Gasteiger partial charge in [0.15, 0.2) is 11.6 Å². The number of amidine groups is 1. The number of sulfonamides is 2. The predicted molar refractivity (Wildman–Crippen MR) is 140 cm³/mol. The van der Waals surface area contributed by atoms with Crippen LogP contribution < -0.4 is 44.7 Å². The van der Waals surface area contributed by atoms with Crippen molar-refractivity contribution in [2.24, 2.45) is 10.3 Å². The van der Waals surface area contributed by atoms with Crippen LogP contribution in [0.3, 0.4) is 0 Å². The average Bonchev–Trinajstić information content (AvgIpc) is 2.83. The minimum atomic E-state index is -4.34. The van der Waals surface area contributed by atoms with E-state index in [2.05, 4.69) is 14.4 Å². The minimum absolute atomic E-state index is 0. The molecule has 2 aromatic carbocycles. The van der Waals surface area contributed by atoms with Gasteiger partial charge in [-0.25, -0.2) is 8.42 Å². The quantitative estimate of drug-likeness (QED) is 0.491. The van der Waals surface area contributed by atoms with Gasteiger partial charge in [-0.1, -0.05) is 62.1 Å². The molecule has 2 aliphatic carbocycles. The Hall–Kier alpha value is -2.18. The van der Waals surface area contributed by atoms with Gasteiger partial charge >= 0.3 is 29.6 Å². The standard InChI is InChI=1S/C26H29N3O6S2.Na/c1-26(15-16-8-4-3-5-9-16)19-11-7-6-10-18(19)23(30)22(24(26)31)25-27-20-13-12-17(28-36(2,32)33)14-21(20)37(34,35)29-25;/h6-7,10-14,16,28,30H,3-5,8-9,15H2,1-2H3,(H,27,29);/q;+1/p-1. The minimum Gasteiger partial charge on any atom is -0.871 e. The Morgan fingerprint density at radius 1 is 1.13 bits per heavy atom. The summed E-state index contributed by atoms with van der Waals surface area (Å²) < 4.78 is 55.5. The van der Waals surface area contributed by atoms with Crippen LogP contribution in [-0.2, 0) is 30.3 Å². The maximum Gasteiger partial charge on any atom is 1.00 e. The SMILES string of the molecule is CC1(CC2CCCCC2)C(=O)C(C2=NS(=O)(=O)c3cc(NS(C)(=O)=O)ccc3N2)=C([O-])c2ccccc21.[Na+]. The molecular formula is C26H28N3NaO6S2. The second-order valence-electron chi connectivity index (χ2n) is 10.2. The van der Waals surface area contributed by atoms with Crippen molar-refractivity contribution in [2.45, 2.75) is 55.8 Å². The number of Topliss-reactive ketones (excluding diaryl/α,β-unsaturated/α-hetero) is 1. The van der Waals surface area contributed by atoms with Gasteiger partial charge in [-0.05, 0) is 48.6 Å². The zero-order chi connectivity index (χ0) is 26.6. The maximum atomic E-state index is 14.1. The van der Waals surface area contributed by atoms with E-state index < -0.39 is 37.0 Å². The first-order valence-corrected chi connectivity index (χ1v) is 15.5. The normalized spacial score (nSPS) is 22.9. The first-order valence-electron chi connectivity index (χ1n) is 12.2. The fraction of sp³-hybridized carbons (Fsp3) is 0.385.